The number of halogens is 1. The molecule has 0 bridgehead atoms. The van der Waals surface area contributed by atoms with Crippen molar-refractivity contribution in [1.29, 1.82) is 0 Å². The number of rotatable bonds is 2. The Kier molecular flexibility index (Phi) is 4.31. The van der Waals surface area contributed by atoms with E-state index in [0.29, 0.717) is 18.1 Å². The molecule has 29 heavy (non-hydrogen) atoms. The Morgan fingerprint density at radius 2 is 1.97 bits per heavy atom. The molecule has 150 valence electrons. The van der Waals surface area contributed by atoms with E-state index in [2.05, 4.69) is 19.9 Å². The molecule has 4 heterocycles. The average molecular weight is 394 g/mol. The van der Waals surface area contributed by atoms with E-state index >= 15 is 0 Å². The van der Waals surface area contributed by atoms with Gasteiger partial charge in [-0.3, -0.25) is 0 Å². The lowest BCUT2D eigenvalue weighted by atomic mass is 9.83. The summed E-state index contributed by atoms with van der Waals surface area (Å²) >= 11 is 0. The Hall–Kier alpha value is -2.87. The van der Waals surface area contributed by atoms with Crippen molar-refractivity contribution in [3.8, 4) is 0 Å². The summed E-state index contributed by atoms with van der Waals surface area (Å²) in [5, 5.41) is 0.868. The van der Waals surface area contributed by atoms with Crippen molar-refractivity contribution in [2.24, 2.45) is 0 Å². The third-order valence-electron chi connectivity index (χ3n) is 5.88. The molecule has 3 aromatic rings. The van der Waals surface area contributed by atoms with E-state index in [-0.39, 0.29) is 11.4 Å². The van der Waals surface area contributed by atoms with Crippen LogP contribution in [0.3, 0.4) is 0 Å². The Morgan fingerprint density at radius 1 is 1.14 bits per heavy atom. The molecule has 2 aromatic heterocycles. The number of hydrogen-bond acceptors (Lipinski definition) is 7. The third-order valence-corrected chi connectivity index (χ3v) is 5.88. The van der Waals surface area contributed by atoms with Gasteiger partial charge in [-0.25, -0.2) is 24.3 Å². The van der Waals surface area contributed by atoms with Gasteiger partial charge in [0.2, 0.25) is 5.95 Å². The zero-order valence-electron chi connectivity index (χ0n) is 16.6. The average Bonchev–Trinajstić information content (AvgIpc) is 2.74. The van der Waals surface area contributed by atoms with Crippen LogP contribution in [-0.2, 0) is 16.8 Å². The molecule has 2 aliphatic heterocycles. The van der Waals surface area contributed by atoms with Crippen LogP contribution in [0.4, 0.5) is 16.2 Å². The van der Waals surface area contributed by atoms with Crippen LogP contribution in [0.5, 0.6) is 0 Å². The SMILES string of the molecule is CN(C)c1ncc2c(n1)C1(CCN(c3ncnc4cc(F)ccc34)CC1)OCC2. The summed E-state index contributed by atoms with van der Waals surface area (Å²) in [6.45, 7) is 2.25. The van der Waals surface area contributed by atoms with Crippen molar-refractivity contribution in [2.45, 2.75) is 24.9 Å². The van der Waals surface area contributed by atoms with Crippen LogP contribution in [0.1, 0.15) is 24.1 Å². The van der Waals surface area contributed by atoms with Crippen molar-refractivity contribution in [2.75, 3.05) is 43.6 Å². The van der Waals surface area contributed by atoms with E-state index in [4.69, 9.17) is 9.72 Å². The molecule has 1 spiro atoms. The van der Waals surface area contributed by atoms with Crippen molar-refractivity contribution >= 4 is 22.7 Å². The van der Waals surface area contributed by atoms with E-state index in [1.54, 1.807) is 6.07 Å². The van der Waals surface area contributed by atoms with Crippen LogP contribution < -0.4 is 9.80 Å². The Bertz CT molecular complexity index is 1060. The van der Waals surface area contributed by atoms with E-state index in [1.165, 1.54) is 24.0 Å². The van der Waals surface area contributed by atoms with Crippen molar-refractivity contribution < 1.29 is 9.13 Å². The van der Waals surface area contributed by atoms with Crippen molar-refractivity contribution in [3.63, 3.8) is 0 Å². The molecule has 2 aliphatic rings. The van der Waals surface area contributed by atoms with E-state index < -0.39 is 0 Å². The summed E-state index contributed by atoms with van der Waals surface area (Å²) in [5.41, 5.74) is 2.44. The first-order chi connectivity index (χ1) is 14.1. The Morgan fingerprint density at radius 3 is 2.76 bits per heavy atom. The number of anilines is 2. The zero-order chi connectivity index (χ0) is 20.0. The molecule has 1 saturated heterocycles. The Balaban J connectivity index is 1.45. The summed E-state index contributed by atoms with van der Waals surface area (Å²) in [6, 6.07) is 4.67. The van der Waals surface area contributed by atoms with E-state index in [0.717, 1.165) is 49.2 Å². The number of nitrogens with zero attached hydrogens (tertiary/aromatic N) is 6. The monoisotopic (exact) mass is 394 g/mol. The summed E-state index contributed by atoms with van der Waals surface area (Å²) in [6.07, 6.45) is 5.93. The minimum absolute atomic E-state index is 0.289. The molecule has 0 amide bonds. The van der Waals surface area contributed by atoms with Crippen LogP contribution in [0, 0.1) is 5.82 Å². The normalized spacial score (nSPS) is 18.1. The highest BCUT2D eigenvalue weighted by Gasteiger charge is 2.43. The second-order valence-corrected chi connectivity index (χ2v) is 7.88. The minimum atomic E-state index is -0.382. The zero-order valence-corrected chi connectivity index (χ0v) is 16.6. The van der Waals surface area contributed by atoms with Crippen molar-refractivity contribution in [3.05, 3.63) is 47.8 Å². The molecule has 0 N–H and O–H groups in total. The summed E-state index contributed by atoms with van der Waals surface area (Å²) in [7, 11) is 3.90. The molecular weight excluding hydrogens is 371 g/mol. The molecule has 1 fully saturated rings. The van der Waals surface area contributed by atoms with Gasteiger partial charge in [0.25, 0.3) is 0 Å². The number of fused-ring (bicyclic) bond motifs is 3. The molecule has 0 saturated carbocycles. The maximum Gasteiger partial charge on any atom is 0.225 e. The van der Waals surface area contributed by atoms with Crippen LogP contribution in [-0.4, -0.2) is 53.7 Å². The van der Waals surface area contributed by atoms with Gasteiger partial charge < -0.3 is 14.5 Å². The van der Waals surface area contributed by atoms with Gasteiger partial charge in [0.15, 0.2) is 0 Å². The van der Waals surface area contributed by atoms with Crippen LogP contribution in [0.2, 0.25) is 0 Å². The first-order valence-corrected chi connectivity index (χ1v) is 9.89. The second-order valence-electron chi connectivity index (χ2n) is 7.88. The lowest BCUT2D eigenvalue weighted by molar-refractivity contribution is -0.0801. The number of ether oxygens (including phenoxy) is 1. The lowest BCUT2D eigenvalue weighted by Crippen LogP contribution is -2.47. The molecular formula is C21H23FN6O. The maximum absolute atomic E-state index is 13.6. The largest absolute Gasteiger partial charge is 0.368 e. The van der Waals surface area contributed by atoms with E-state index in [1.807, 2.05) is 25.2 Å². The highest BCUT2D eigenvalue weighted by atomic mass is 19.1. The van der Waals surface area contributed by atoms with Gasteiger partial charge in [0, 0.05) is 44.8 Å². The quantitative estimate of drug-likeness (QED) is 0.662. The molecule has 0 atom stereocenters. The first-order valence-electron chi connectivity index (χ1n) is 9.89. The van der Waals surface area contributed by atoms with E-state index in [9.17, 15) is 4.39 Å². The summed E-state index contributed by atoms with van der Waals surface area (Å²) in [4.78, 5) is 22.2. The lowest BCUT2D eigenvalue weighted by Gasteiger charge is -2.44. The molecule has 8 heteroatoms. The molecule has 0 unspecified atom stereocenters. The van der Waals surface area contributed by atoms with Gasteiger partial charge in [0.05, 0.1) is 17.8 Å². The minimum Gasteiger partial charge on any atom is -0.368 e. The predicted molar refractivity (Wildman–Crippen MR) is 109 cm³/mol. The summed E-state index contributed by atoms with van der Waals surface area (Å²) in [5.74, 6) is 1.26. The second kappa shape index (κ2) is 6.88. The number of benzene rings is 1. The topological polar surface area (TPSA) is 67.3 Å². The molecule has 1 aromatic carbocycles. The third kappa shape index (κ3) is 3.07. The maximum atomic E-state index is 13.6. The van der Waals surface area contributed by atoms with Crippen LogP contribution in [0.15, 0.2) is 30.7 Å². The molecule has 0 radical (unpaired) electrons. The molecule has 7 nitrogen and oxygen atoms in total. The molecule has 5 rings (SSSR count). The van der Waals surface area contributed by atoms with Gasteiger partial charge in [0.1, 0.15) is 23.6 Å². The number of hydrogen-bond donors (Lipinski definition) is 0. The van der Waals surface area contributed by atoms with Gasteiger partial charge in [-0.2, -0.15) is 0 Å². The fraction of sp³-hybridized carbons (Fsp3) is 0.429. The number of aromatic nitrogens is 4. The highest BCUT2D eigenvalue weighted by Crippen LogP contribution is 2.42. The van der Waals surface area contributed by atoms with Gasteiger partial charge in [-0.05, 0) is 37.0 Å². The first kappa shape index (κ1) is 18.2. The fourth-order valence-electron chi connectivity index (χ4n) is 4.34. The van der Waals surface area contributed by atoms with Gasteiger partial charge >= 0.3 is 0 Å². The fourth-order valence-corrected chi connectivity index (χ4v) is 4.34. The standard InChI is InChI=1S/C21H23FN6O/c1-27(2)20-23-12-14-5-10-29-21(18(14)26-20)6-8-28(9-7-21)19-16-4-3-15(22)11-17(16)24-13-25-19/h3-4,11-13H,5-10H2,1-2H3. The molecule has 0 aliphatic carbocycles. The van der Waals surface area contributed by atoms with Crippen molar-refractivity contribution in [1.82, 2.24) is 19.9 Å². The highest BCUT2D eigenvalue weighted by molar-refractivity contribution is 5.89. The van der Waals surface area contributed by atoms with Gasteiger partial charge in [-0.15, -0.1) is 0 Å². The Labute approximate surface area is 168 Å². The number of piperidine rings is 1. The van der Waals surface area contributed by atoms with Gasteiger partial charge in [-0.1, -0.05) is 0 Å². The predicted octanol–water partition coefficient (Wildman–Crippen LogP) is 2.69. The summed E-state index contributed by atoms with van der Waals surface area (Å²) < 4.78 is 19.9. The van der Waals surface area contributed by atoms with Crippen LogP contribution in [0.25, 0.3) is 10.9 Å². The van der Waals surface area contributed by atoms with Crippen LogP contribution >= 0.6 is 0 Å². The smallest absolute Gasteiger partial charge is 0.225 e.